The molecular formula is C9H12ClN3O. The summed E-state index contributed by atoms with van der Waals surface area (Å²) in [5, 5.41) is 3.65. The van der Waals surface area contributed by atoms with E-state index in [1.807, 2.05) is 0 Å². The summed E-state index contributed by atoms with van der Waals surface area (Å²) in [6, 6.07) is 0. The van der Waals surface area contributed by atoms with Crippen LogP contribution in [0.2, 0.25) is 5.15 Å². The summed E-state index contributed by atoms with van der Waals surface area (Å²) >= 11 is 5.67. The Hall–Kier alpha value is -0.870. The van der Waals surface area contributed by atoms with Gasteiger partial charge in [-0.2, -0.15) is 4.98 Å². The van der Waals surface area contributed by atoms with E-state index in [0.29, 0.717) is 23.6 Å². The van der Waals surface area contributed by atoms with Crippen LogP contribution in [0.3, 0.4) is 0 Å². The number of hydrogen-bond acceptors (Lipinski definition) is 4. The Bertz CT molecular complexity index is 302. The molecule has 0 aromatic carbocycles. The third kappa shape index (κ3) is 2.56. The summed E-state index contributed by atoms with van der Waals surface area (Å²) in [6.07, 6.45) is 4.23. The first-order chi connectivity index (χ1) is 6.84. The van der Waals surface area contributed by atoms with Gasteiger partial charge in [-0.25, -0.2) is 0 Å². The minimum atomic E-state index is 0.368. The largest absolute Gasteiger partial charge is 0.476 e. The third-order valence-corrected chi connectivity index (χ3v) is 2.39. The van der Waals surface area contributed by atoms with Crippen molar-refractivity contribution in [3.8, 4) is 5.88 Å². The Morgan fingerprint density at radius 3 is 3.21 bits per heavy atom. The number of aromatic nitrogens is 2. The number of hydrogen-bond donors (Lipinski definition) is 1. The van der Waals surface area contributed by atoms with Gasteiger partial charge in [0.05, 0.1) is 19.0 Å². The topological polar surface area (TPSA) is 47.0 Å². The van der Waals surface area contributed by atoms with E-state index >= 15 is 0 Å². The molecule has 0 radical (unpaired) electrons. The maximum atomic E-state index is 5.67. The predicted octanol–water partition coefficient (Wildman–Crippen LogP) is 1.12. The summed E-state index contributed by atoms with van der Waals surface area (Å²) in [6.45, 7) is 2.78. The summed E-state index contributed by atoms with van der Waals surface area (Å²) < 4.78 is 5.47. The number of nitrogens with zero attached hydrogens (tertiary/aromatic N) is 2. The molecule has 1 aliphatic heterocycles. The highest BCUT2D eigenvalue weighted by atomic mass is 35.5. The lowest BCUT2D eigenvalue weighted by atomic mass is 10.1. The molecule has 2 rings (SSSR count). The van der Waals surface area contributed by atoms with E-state index in [1.165, 1.54) is 6.20 Å². The Labute approximate surface area is 87.7 Å². The molecule has 1 aliphatic rings. The number of rotatable bonds is 3. The van der Waals surface area contributed by atoms with Crippen LogP contribution in [0, 0.1) is 5.92 Å². The summed E-state index contributed by atoms with van der Waals surface area (Å²) in [7, 11) is 0. The third-order valence-electron chi connectivity index (χ3n) is 2.21. The van der Waals surface area contributed by atoms with Gasteiger partial charge in [-0.3, -0.25) is 4.98 Å². The minimum absolute atomic E-state index is 0.368. The molecule has 76 valence electrons. The second-order valence-corrected chi connectivity index (χ2v) is 3.74. The van der Waals surface area contributed by atoms with E-state index in [9.17, 15) is 0 Å². The van der Waals surface area contributed by atoms with Crippen molar-refractivity contribution in [2.75, 3.05) is 19.7 Å². The monoisotopic (exact) mass is 213 g/mol. The maximum absolute atomic E-state index is 5.67. The lowest BCUT2D eigenvalue weighted by Gasteiger charge is -2.09. The second kappa shape index (κ2) is 4.57. The van der Waals surface area contributed by atoms with Crippen molar-refractivity contribution in [3.05, 3.63) is 17.5 Å². The summed E-state index contributed by atoms with van der Waals surface area (Å²) in [5.41, 5.74) is 0. The molecule has 0 saturated carbocycles. The number of nitrogens with one attached hydrogen (secondary N) is 1. The molecule has 0 spiro atoms. The first-order valence-electron chi connectivity index (χ1n) is 4.65. The molecule has 1 fully saturated rings. The number of halogens is 1. The number of ether oxygens (including phenoxy) is 1. The lowest BCUT2D eigenvalue weighted by molar-refractivity contribution is 0.250. The fourth-order valence-corrected chi connectivity index (χ4v) is 1.59. The van der Waals surface area contributed by atoms with Gasteiger partial charge in [0.2, 0.25) is 5.88 Å². The first kappa shape index (κ1) is 9.68. The van der Waals surface area contributed by atoms with Gasteiger partial charge in [-0.05, 0) is 13.0 Å². The van der Waals surface area contributed by atoms with E-state index in [4.69, 9.17) is 16.3 Å². The molecule has 1 N–H and O–H groups in total. The highest BCUT2D eigenvalue weighted by molar-refractivity contribution is 6.29. The van der Waals surface area contributed by atoms with Crippen LogP contribution in [0.4, 0.5) is 0 Å². The zero-order valence-electron chi connectivity index (χ0n) is 7.74. The van der Waals surface area contributed by atoms with Crippen molar-refractivity contribution in [1.82, 2.24) is 15.3 Å². The summed E-state index contributed by atoms with van der Waals surface area (Å²) in [4.78, 5) is 7.89. The molecule has 1 saturated heterocycles. The Balaban J connectivity index is 1.85. The molecule has 0 amide bonds. The van der Waals surface area contributed by atoms with Crippen molar-refractivity contribution < 1.29 is 4.74 Å². The standard InChI is InChI=1S/C9H12ClN3O/c10-8-4-12-5-9(13-8)14-6-7-1-2-11-3-7/h4-5,7,11H,1-3,6H2/t7-/m1/s1. The average Bonchev–Trinajstić information content (AvgIpc) is 2.67. The van der Waals surface area contributed by atoms with Crippen molar-refractivity contribution in [1.29, 1.82) is 0 Å². The van der Waals surface area contributed by atoms with Crippen molar-refractivity contribution in [2.24, 2.45) is 5.92 Å². The van der Waals surface area contributed by atoms with Gasteiger partial charge in [0.25, 0.3) is 0 Å². The molecule has 0 bridgehead atoms. The zero-order valence-corrected chi connectivity index (χ0v) is 8.50. The Kier molecular flexibility index (Phi) is 3.16. The zero-order chi connectivity index (χ0) is 9.80. The molecule has 1 aromatic rings. The van der Waals surface area contributed by atoms with Crippen LogP contribution in [-0.2, 0) is 0 Å². The first-order valence-corrected chi connectivity index (χ1v) is 5.03. The lowest BCUT2D eigenvalue weighted by Crippen LogP contribution is -2.15. The normalized spacial score (nSPS) is 21.1. The minimum Gasteiger partial charge on any atom is -0.476 e. The summed E-state index contributed by atoms with van der Waals surface area (Å²) in [5.74, 6) is 1.08. The Morgan fingerprint density at radius 1 is 1.57 bits per heavy atom. The fraction of sp³-hybridized carbons (Fsp3) is 0.556. The molecular weight excluding hydrogens is 202 g/mol. The van der Waals surface area contributed by atoms with Crippen molar-refractivity contribution in [3.63, 3.8) is 0 Å². The predicted molar refractivity (Wildman–Crippen MR) is 53.5 cm³/mol. The molecule has 1 atom stereocenters. The second-order valence-electron chi connectivity index (χ2n) is 3.35. The van der Waals surface area contributed by atoms with Crippen LogP contribution >= 0.6 is 11.6 Å². The molecule has 5 heteroatoms. The van der Waals surface area contributed by atoms with Crippen molar-refractivity contribution in [2.45, 2.75) is 6.42 Å². The molecule has 0 aliphatic carbocycles. The van der Waals surface area contributed by atoms with E-state index < -0.39 is 0 Å². The van der Waals surface area contributed by atoms with Gasteiger partial charge in [-0.1, -0.05) is 11.6 Å². The van der Waals surface area contributed by atoms with Gasteiger partial charge < -0.3 is 10.1 Å². The molecule has 2 heterocycles. The van der Waals surface area contributed by atoms with Crippen LogP contribution in [0.15, 0.2) is 12.4 Å². The van der Waals surface area contributed by atoms with E-state index in [-0.39, 0.29) is 0 Å². The van der Waals surface area contributed by atoms with E-state index in [2.05, 4.69) is 15.3 Å². The highest BCUT2D eigenvalue weighted by Crippen LogP contribution is 2.12. The van der Waals surface area contributed by atoms with Crippen molar-refractivity contribution >= 4 is 11.6 Å². The van der Waals surface area contributed by atoms with E-state index in [1.54, 1.807) is 6.20 Å². The maximum Gasteiger partial charge on any atom is 0.233 e. The fourth-order valence-electron chi connectivity index (χ4n) is 1.46. The van der Waals surface area contributed by atoms with Gasteiger partial charge in [0, 0.05) is 12.5 Å². The molecule has 1 aromatic heterocycles. The van der Waals surface area contributed by atoms with Gasteiger partial charge in [-0.15, -0.1) is 0 Å². The SMILES string of the molecule is Clc1cncc(OC[C@@H]2CCNC2)n1. The van der Waals surface area contributed by atoms with Crippen LogP contribution in [0.5, 0.6) is 5.88 Å². The van der Waals surface area contributed by atoms with Gasteiger partial charge in [0.1, 0.15) is 0 Å². The average molecular weight is 214 g/mol. The van der Waals surface area contributed by atoms with Crippen LogP contribution in [0.1, 0.15) is 6.42 Å². The van der Waals surface area contributed by atoms with Crippen LogP contribution < -0.4 is 10.1 Å². The van der Waals surface area contributed by atoms with Gasteiger partial charge in [0.15, 0.2) is 5.15 Å². The van der Waals surface area contributed by atoms with Gasteiger partial charge >= 0.3 is 0 Å². The highest BCUT2D eigenvalue weighted by Gasteiger charge is 2.15. The molecule has 14 heavy (non-hydrogen) atoms. The molecule has 4 nitrogen and oxygen atoms in total. The molecule has 0 unspecified atom stereocenters. The Morgan fingerprint density at radius 2 is 2.50 bits per heavy atom. The van der Waals surface area contributed by atoms with E-state index in [0.717, 1.165) is 19.5 Å². The van der Waals surface area contributed by atoms with Crippen LogP contribution in [0.25, 0.3) is 0 Å². The smallest absolute Gasteiger partial charge is 0.233 e. The van der Waals surface area contributed by atoms with Crippen LogP contribution in [-0.4, -0.2) is 29.7 Å². The quantitative estimate of drug-likeness (QED) is 0.818.